The third-order valence-electron chi connectivity index (χ3n) is 3.89. The first kappa shape index (κ1) is 16.9. The third kappa shape index (κ3) is 3.32. The lowest BCUT2D eigenvalue weighted by Crippen LogP contribution is -2.10. The molecule has 0 amide bonds. The summed E-state index contributed by atoms with van der Waals surface area (Å²) in [5, 5.41) is 19.8. The minimum Gasteiger partial charge on any atom is -0.480 e. The van der Waals surface area contributed by atoms with Crippen LogP contribution >= 0.6 is 11.9 Å². The number of nitrogens with zero attached hydrogens (tertiary/aromatic N) is 3. The van der Waals surface area contributed by atoms with Gasteiger partial charge in [-0.2, -0.15) is 5.26 Å². The van der Waals surface area contributed by atoms with Crippen LogP contribution < -0.4 is 4.72 Å². The summed E-state index contributed by atoms with van der Waals surface area (Å²) in [6.07, 6.45) is 4.08. The molecule has 2 aromatic heterocycles. The van der Waals surface area contributed by atoms with E-state index in [0.29, 0.717) is 17.0 Å². The highest BCUT2D eigenvalue weighted by molar-refractivity contribution is 8.00. The first-order valence-electron chi connectivity index (χ1n) is 7.75. The van der Waals surface area contributed by atoms with Gasteiger partial charge in [0.05, 0.1) is 16.8 Å². The average Bonchev–Trinajstić information content (AvgIpc) is 3.18. The molecule has 0 fully saturated rings. The van der Waals surface area contributed by atoms with E-state index in [4.69, 9.17) is 5.11 Å². The van der Waals surface area contributed by atoms with Crippen molar-refractivity contribution in [2.45, 2.75) is 31.8 Å². The monoisotopic (exact) mass is 355 g/mol. The molecule has 1 aromatic carbocycles. The maximum atomic E-state index is 10.9. The van der Waals surface area contributed by atoms with Crippen LogP contribution in [-0.4, -0.2) is 25.6 Å². The lowest BCUT2D eigenvalue weighted by molar-refractivity contribution is -0.137. The molecule has 25 heavy (non-hydrogen) atoms. The molecule has 0 saturated heterocycles. The van der Waals surface area contributed by atoms with Crippen molar-refractivity contribution in [1.29, 1.82) is 5.26 Å². The highest BCUT2D eigenvalue weighted by Gasteiger charge is 2.13. The van der Waals surface area contributed by atoms with Gasteiger partial charge in [0.2, 0.25) is 0 Å². The molecular formula is C17H17N5O2S. The first-order chi connectivity index (χ1) is 12.0. The van der Waals surface area contributed by atoms with E-state index in [-0.39, 0.29) is 6.54 Å². The van der Waals surface area contributed by atoms with Crippen LogP contribution in [0.2, 0.25) is 0 Å². The van der Waals surface area contributed by atoms with Crippen molar-refractivity contribution in [3.8, 4) is 6.07 Å². The molecule has 3 aromatic rings. The number of anilines is 1. The van der Waals surface area contributed by atoms with Gasteiger partial charge in [-0.15, -0.1) is 0 Å². The highest BCUT2D eigenvalue weighted by Crippen LogP contribution is 2.31. The Bertz CT molecular complexity index is 983. The first-order valence-corrected chi connectivity index (χ1v) is 8.56. The quantitative estimate of drug-likeness (QED) is 0.586. The van der Waals surface area contributed by atoms with Crippen molar-refractivity contribution in [3.05, 3.63) is 41.5 Å². The van der Waals surface area contributed by atoms with E-state index in [1.54, 1.807) is 17.0 Å². The third-order valence-corrected chi connectivity index (χ3v) is 4.62. The van der Waals surface area contributed by atoms with Crippen LogP contribution in [0.5, 0.6) is 0 Å². The van der Waals surface area contributed by atoms with Crippen molar-refractivity contribution in [2.24, 2.45) is 0 Å². The molecule has 0 saturated carbocycles. The lowest BCUT2D eigenvalue weighted by atomic mass is 10.1. The number of aromatic nitrogens is 3. The molecule has 8 heteroatoms. The van der Waals surface area contributed by atoms with E-state index in [1.807, 2.05) is 26.0 Å². The Labute approximate surface area is 148 Å². The summed E-state index contributed by atoms with van der Waals surface area (Å²) in [5.74, 6) is -0.167. The van der Waals surface area contributed by atoms with Gasteiger partial charge >= 0.3 is 5.97 Å². The molecule has 0 aliphatic rings. The van der Waals surface area contributed by atoms with Gasteiger partial charge < -0.3 is 19.4 Å². The number of hydrogen-bond donors (Lipinski definition) is 3. The van der Waals surface area contributed by atoms with Crippen LogP contribution in [0.1, 0.15) is 23.9 Å². The van der Waals surface area contributed by atoms with Gasteiger partial charge in [-0.25, -0.2) is 4.98 Å². The molecular weight excluding hydrogens is 338 g/mol. The Morgan fingerprint density at radius 2 is 2.32 bits per heavy atom. The standard InChI is InChI=1S/C17H17N5O2S/c1-3-13-20-14(8-22(13)9-15(23)24)25-21-12-5-4-10(2)16-11(6-18)7-19-17(12)16/h4-5,7-8,19,21H,3,9H2,1-2H3,(H,23,24). The zero-order chi connectivity index (χ0) is 18.0. The topological polar surface area (TPSA) is 107 Å². The highest BCUT2D eigenvalue weighted by atomic mass is 32.2. The number of rotatable bonds is 6. The fourth-order valence-corrected chi connectivity index (χ4v) is 3.46. The number of nitrogens with one attached hydrogen (secondary N) is 2. The number of aryl methyl sites for hydroxylation is 2. The summed E-state index contributed by atoms with van der Waals surface area (Å²) < 4.78 is 4.88. The Hall–Kier alpha value is -2.92. The predicted molar refractivity (Wildman–Crippen MR) is 96.5 cm³/mol. The molecule has 3 rings (SSSR count). The summed E-state index contributed by atoms with van der Waals surface area (Å²) in [4.78, 5) is 18.5. The molecule has 0 unspecified atom stereocenters. The fourth-order valence-electron chi connectivity index (χ4n) is 2.74. The number of nitriles is 1. The van der Waals surface area contributed by atoms with E-state index < -0.39 is 5.97 Å². The van der Waals surface area contributed by atoms with E-state index in [2.05, 4.69) is 20.8 Å². The lowest BCUT2D eigenvalue weighted by Gasteiger charge is -2.07. The Morgan fingerprint density at radius 1 is 1.52 bits per heavy atom. The fraction of sp³-hybridized carbons (Fsp3) is 0.235. The maximum absolute atomic E-state index is 10.9. The molecule has 3 N–H and O–H groups in total. The Morgan fingerprint density at radius 3 is 3.00 bits per heavy atom. The zero-order valence-electron chi connectivity index (χ0n) is 13.8. The Kier molecular flexibility index (Phi) is 4.67. The number of aliphatic carboxylic acids is 1. The summed E-state index contributed by atoms with van der Waals surface area (Å²) >= 11 is 1.31. The van der Waals surface area contributed by atoms with E-state index in [9.17, 15) is 10.1 Å². The SMILES string of the molecule is CCc1nc(SNc2ccc(C)c3c(C#N)c[nH]c23)cn1CC(=O)O. The van der Waals surface area contributed by atoms with Crippen molar-refractivity contribution in [1.82, 2.24) is 14.5 Å². The van der Waals surface area contributed by atoms with E-state index in [0.717, 1.165) is 28.0 Å². The van der Waals surface area contributed by atoms with E-state index >= 15 is 0 Å². The number of benzene rings is 1. The number of hydrogen-bond acceptors (Lipinski definition) is 5. The largest absolute Gasteiger partial charge is 0.480 e. The Balaban J connectivity index is 1.85. The minimum absolute atomic E-state index is 0.104. The molecule has 0 spiro atoms. The van der Waals surface area contributed by atoms with Crippen LogP contribution in [0.25, 0.3) is 10.9 Å². The normalized spacial score (nSPS) is 10.8. The number of carbonyl (C=O) groups is 1. The minimum atomic E-state index is -0.896. The van der Waals surface area contributed by atoms with E-state index in [1.165, 1.54) is 11.9 Å². The van der Waals surface area contributed by atoms with Gasteiger partial charge in [0.1, 0.15) is 23.5 Å². The number of imidazole rings is 1. The molecule has 0 radical (unpaired) electrons. The van der Waals surface area contributed by atoms with Crippen molar-refractivity contribution >= 4 is 34.5 Å². The maximum Gasteiger partial charge on any atom is 0.323 e. The second kappa shape index (κ2) is 6.91. The molecule has 0 aliphatic carbocycles. The van der Waals surface area contributed by atoms with Crippen LogP contribution in [0.15, 0.2) is 29.6 Å². The van der Waals surface area contributed by atoms with Gasteiger partial charge in [0, 0.05) is 36.1 Å². The van der Waals surface area contributed by atoms with Crippen LogP contribution in [0, 0.1) is 18.3 Å². The van der Waals surface area contributed by atoms with Crippen LogP contribution in [0.4, 0.5) is 5.69 Å². The molecule has 128 valence electrons. The zero-order valence-corrected chi connectivity index (χ0v) is 14.6. The van der Waals surface area contributed by atoms with Gasteiger partial charge in [0.25, 0.3) is 0 Å². The predicted octanol–water partition coefficient (Wildman–Crippen LogP) is 3.31. The number of aromatic amines is 1. The summed E-state index contributed by atoms with van der Waals surface area (Å²) in [5.41, 5.74) is 3.35. The number of carboxylic acid groups (broad SMARTS) is 1. The van der Waals surface area contributed by atoms with Crippen molar-refractivity contribution in [3.63, 3.8) is 0 Å². The van der Waals surface area contributed by atoms with Gasteiger partial charge in [-0.1, -0.05) is 13.0 Å². The smallest absolute Gasteiger partial charge is 0.323 e. The summed E-state index contributed by atoms with van der Waals surface area (Å²) in [7, 11) is 0. The molecule has 0 aliphatic heterocycles. The number of fused-ring (bicyclic) bond motifs is 1. The van der Waals surface area contributed by atoms with Crippen LogP contribution in [-0.2, 0) is 17.8 Å². The van der Waals surface area contributed by atoms with Crippen LogP contribution in [0.3, 0.4) is 0 Å². The van der Waals surface area contributed by atoms with Crippen molar-refractivity contribution in [2.75, 3.05) is 4.72 Å². The van der Waals surface area contributed by atoms with Gasteiger partial charge in [0.15, 0.2) is 0 Å². The van der Waals surface area contributed by atoms with Gasteiger partial charge in [-0.3, -0.25) is 4.79 Å². The number of H-pyrrole nitrogens is 1. The molecule has 2 heterocycles. The summed E-state index contributed by atoms with van der Waals surface area (Å²) in [6, 6.07) is 6.09. The second-order valence-electron chi connectivity index (χ2n) is 5.57. The second-order valence-corrected chi connectivity index (χ2v) is 6.40. The molecule has 0 atom stereocenters. The van der Waals surface area contributed by atoms with Crippen molar-refractivity contribution < 1.29 is 9.90 Å². The number of carboxylic acids is 1. The molecule has 7 nitrogen and oxygen atoms in total. The van der Waals surface area contributed by atoms with Gasteiger partial charge in [-0.05, 0) is 18.6 Å². The average molecular weight is 355 g/mol. The molecule has 0 bridgehead atoms. The summed E-state index contributed by atoms with van der Waals surface area (Å²) in [6.45, 7) is 3.80.